The van der Waals surface area contributed by atoms with E-state index in [2.05, 4.69) is 26.0 Å². The van der Waals surface area contributed by atoms with Gasteiger partial charge in [-0.05, 0) is 53.6 Å². The molecule has 0 aliphatic carbocycles. The summed E-state index contributed by atoms with van der Waals surface area (Å²) in [5.74, 6) is 1.28. The number of anilines is 1. The van der Waals surface area contributed by atoms with E-state index in [4.69, 9.17) is 5.73 Å². The molecule has 2 heteroatoms. The molecule has 3 N–H and O–H groups in total. The highest BCUT2D eigenvalue weighted by Gasteiger charge is 2.12. The number of phenols is 1. The topological polar surface area (TPSA) is 46.2 Å². The molecule has 2 atom stereocenters. The Morgan fingerprint density at radius 3 is 1.74 bits per heavy atom. The quantitative estimate of drug-likeness (QED) is 0.801. The van der Waals surface area contributed by atoms with Gasteiger partial charge >= 0.3 is 0 Å². The summed E-state index contributed by atoms with van der Waals surface area (Å²) in [6, 6.07) is 15.6. The van der Waals surface area contributed by atoms with E-state index >= 15 is 0 Å². The summed E-state index contributed by atoms with van der Waals surface area (Å²) in [6.45, 7) is 4.46. The Hall–Kier alpha value is -1.96. The molecule has 0 aliphatic heterocycles. The molecule has 2 nitrogen and oxygen atoms in total. The Labute approximate surface area is 114 Å². The molecule has 0 saturated carbocycles. The van der Waals surface area contributed by atoms with Gasteiger partial charge in [-0.2, -0.15) is 0 Å². The molecule has 0 fully saturated rings. The SMILES string of the molecule is CC(CC(C)c1ccc(O)cc1)c1ccc(N)cc1. The van der Waals surface area contributed by atoms with Crippen molar-refractivity contribution in [2.24, 2.45) is 0 Å². The van der Waals surface area contributed by atoms with Crippen LogP contribution in [-0.4, -0.2) is 5.11 Å². The third-order valence-electron chi connectivity index (χ3n) is 3.67. The molecule has 2 aromatic rings. The Morgan fingerprint density at radius 2 is 1.26 bits per heavy atom. The highest BCUT2D eigenvalue weighted by atomic mass is 16.3. The number of benzene rings is 2. The van der Waals surface area contributed by atoms with Crippen molar-refractivity contribution < 1.29 is 5.11 Å². The minimum Gasteiger partial charge on any atom is -0.508 e. The first kappa shape index (κ1) is 13.5. The monoisotopic (exact) mass is 255 g/mol. The highest BCUT2D eigenvalue weighted by molar-refractivity contribution is 5.40. The summed E-state index contributed by atoms with van der Waals surface area (Å²) in [6.07, 6.45) is 1.08. The van der Waals surface area contributed by atoms with Gasteiger partial charge in [0.1, 0.15) is 5.75 Å². The first-order valence-electron chi connectivity index (χ1n) is 6.70. The summed E-state index contributed by atoms with van der Waals surface area (Å²) in [4.78, 5) is 0. The summed E-state index contributed by atoms with van der Waals surface area (Å²) >= 11 is 0. The molecule has 19 heavy (non-hydrogen) atoms. The maximum absolute atomic E-state index is 9.31. The molecule has 2 rings (SSSR count). The van der Waals surface area contributed by atoms with Gasteiger partial charge in [0.25, 0.3) is 0 Å². The molecular weight excluding hydrogens is 234 g/mol. The summed E-state index contributed by atoms with van der Waals surface area (Å²) in [5, 5.41) is 9.31. The zero-order chi connectivity index (χ0) is 13.8. The number of hydrogen-bond donors (Lipinski definition) is 2. The van der Waals surface area contributed by atoms with Crippen molar-refractivity contribution in [2.75, 3.05) is 5.73 Å². The molecule has 0 saturated heterocycles. The molecule has 0 heterocycles. The summed E-state index contributed by atoms with van der Waals surface area (Å²) in [7, 11) is 0. The zero-order valence-electron chi connectivity index (χ0n) is 11.5. The van der Waals surface area contributed by atoms with E-state index in [9.17, 15) is 5.11 Å². The number of phenolic OH excluding ortho intramolecular Hbond substituents is 1. The van der Waals surface area contributed by atoms with Gasteiger partial charge in [0.2, 0.25) is 0 Å². The molecule has 0 amide bonds. The van der Waals surface area contributed by atoms with E-state index in [0.717, 1.165) is 12.1 Å². The number of nitrogen functional groups attached to an aromatic ring is 1. The van der Waals surface area contributed by atoms with E-state index in [1.54, 1.807) is 12.1 Å². The first-order chi connectivity index (χ1) is 9.06. The average molecular weight is 255 g/mol. The van der Waals surface area contributed by atoms with Gasteiger partial charge in [0.05, 0.1) is 0 Å². The molecule has 2 unspecified atom stereocenters. The van der Waals surface area contributed by atoms with Crippen molar-refractivity contribution in [1.29, 1.82) is 0 Å². The second kappa shape index (κ2) is 5.79. The van der Waals surface area contributed by atoms with Gasteiger partial charge in [0, 0.05) is 5.69 Å². The molecule has 0 spiro atoms. The van der Waals surface area contributed by atoms with Crippen LogP contribution >= 0.6 is 0 Å². The molecular formula is C17H21NO. The standard InChI is InChI=1S/C17H21NO/c1-12(14-3-7-16(18)8-4-14)11-13(2)15-5-9-17(19)10-6-15/h3-10,12-13,19H,11,18H2,1-2H3. The van der Waals surface area contributed by atoms with Crippen molar-refractivity contribution in [3.8, 4) is 5.75 Å². The van der Waals surface area contributed by atoms with Crippen LogP contribution in [0.3, 0.4) is 0 Å². The van der Waals surface area contributed by atoms with Crippen molar-refractivity contribution in [1.82, 2.24) is 0 Å². The van der Waals surface area contributed by atoms with E-state index in [1.165, 1.54) is 11.1 Å². The van der Waals surface area contributed by atoms with Crippen molar-refractivity contribution in [2.45, 2.75) is 32.1 Å². The summed E-state index contributed by atoms with van der Waals surface area (Å²) in [5.41, 5.74) is 9.10. The lowest BCUT2D eigenvalue weighted by Gasteiger charge is -2.18. The van der Waals surface area contributed by atoms with Gasteiger partial charge < -0.3 is 10.8 Å². The van der Waals surface area contributed by atoms with Crippen LogP contribution in [0, 0.1) is 0 Å². The first-order valence-corrected chi connectivity index (χ1v) is 6.70. The largest absolute Gasteiger partial charge is 0.508 e. The third-order valence-corrected chi connectivity index (χ3v) is 3.67. The Morgan fingerprint density at radius 1 is 0.842 bits per heavy atom. The van der Waals surface area contributed by atoms with Crippen LogP contribution in [0.5, 0.6) is 5.75 Å². The molecule has 100 valence electrons. The van der Waals surface area contributed by atoms with E-state index < -0.39 is 0 Å². The zero-order valence-corrected chi connectivity index (χ0v) is 11.5. The fraction of sp³-hybridized carbons (Fsp3) is 0.294. The van der Waals surface area contributed by atoms with Crippen LogP contribution in [0.2, 0.25) is 0 Å². The third kappa shape index (κ3) is 3.50. The van der Waals surface area contributed by atoms with Crippen LogP contribution in [-0.2, 0) is 0 Å². The molecule has 0 radical (unpaired) electrons. The fourth-order valence-electron chi connectivity index (χ4n) is 2.43. The van der Waals surface area contributed by atoms with Crippen LogP contribution in [0.4, 0.5) is 5.69 Å². The Kier molecular flexibility index (Phi) is 4.10. The number of rotatable bonds is 4. The minimum atomic E-state index is 0.322. The normalized spacial score (nSPS) is 14.0. The highest BCUT2D eigenvalue weighted by Crippen LogP contribution is 2.30. The molecule has 2 aromatic carbocycles. The van der Waals surface area contributed by atoms with Crippen LogP contribution in [0.25, 0.3) is 0 Å². The van der Waals surface area contributed by atoms with E-state index in [0.29, 0.717) is 17.6 Å². The van der Waals surface area contributed by atoms with Crippen molar-refractivity contribution in [3.05, 3.63) is 59.7 Å². The smallest absolute Gasteiger partial charge is 0.115 e. The van der Waals surface area contributed by atoms with E-state index in [1.807, 2.05) is 24.3 Å². The fourth-order valence-corrected chi connectivity index (χ4v) is 2.43. The number of hydrogen-bond acceptors (Lipinski definition) is 2. The second-order valence-electron chi connectivity index (χ2n) is 5.30. The van der Waals surface area contributed by atoms with Gasteiger partial charge in [-0.1, -0.05) is 38.1 Å². The van der Waals surface area contributed by atoms with Crippen LogP contribution in [0.1, 0.15) is 43.2 Å². The van der Waals surface area contributed by atoms with Gasteiger partial charge in [0.15, 0.2) is 0 Å². The molecule has 0 bridgehead atoms. The molecule has 0 aromatic heterocycles. The predicted octanol–water partition coefficient (Wildman–Crippen LogP) is 4.27. The van der Waals surface area contributed by atoms with Gasteiger partial charge in [-0.3, -0.25) is 0 Å². The maximum Gasteiger partial charge on any atom is 0.115 e. The second-order valence-corrected chi connectivity index (χ2v) is 5.30. The minimum absolute atomic E-state index is 0.322. The van der Waals surface area contributed by atoms with Gasteiger partial charge in [-0.15, -0.1) is 0 Å². The van der Waals surface area contributed by atoms with Crippen molar-refractivity contribution in [3.63, 3.8) is 0 Å². The number of nitrogens with two attached hydrogens (primary N) is 1. The van der Waals surface area contributed by atoms with E-state index in [-0.39, 0.29) is 0 Å². The number of aromatic hydroxyl groups is 1. The Balaban J connectivity index is 2.03. The van der Waals surface area contributed by atoms with Crippen LogP contribution in [0.15, 0.2) is 48.5 Å². The van der Waals surface area contributed by atoms with Crippen LogP contribution < -0.4 is 5.73 Å². The van der Waals surface area contributed by atoms with Crippen molar-refractivity contribution >= 4 is 5.69 Å². The lowest BCUT2D eigenvalue weighted by Crippen LogP contribution is -2.01. The lowest BCUT2D eigenvalue weighted by atomic mass is 9.87. The maximum atomic E-state index is 9.31. The molecule has 0 aliphatic rings. The van der Waals surface area contributed by atoms with Gasteiger partial charge in [-0.25, -0.2) is 0 Å². The average Bonchev–Trinajstić information content (AvgIpc) is 2.40. The Bertz CT molecular complexity index is 466. The lowest BCUT2D eigenvalue weighted by molar-refractivity contribution is 0.474. The predicted molar refractivity (Wildman–Crippen MR) is 80.4 cm³/mol. The summed E-state index contributed by atoms with van der Waals surface area (Å²) < 4.78 is 0.